The van der Waals surface area contributed by atoms with Gasteiger partial charge in [0.15, 0.2) is 0 Å². The molecule has 0 spiro atoms. The van der Waals surface area contributed by atoms with Crippen molar-refractivity contribution in [3.05, 3.63) is 35.4 Å². The van der Waals surface area contributed by atoms with E-state index in [4.69, 9.17) is 4.74 Å². The van der Waals surface area contributed by atoms with Crippen LogP contribution < -0.4 is 0 Å². The lowest BCUT2D eigenvalue weighted by Gasteiger charge is -2.13. The van der Waals surface area contributed by atoms with Gasteiger partial charge in [0.25, 0.3) is 0 Å². The van der Waals surface area contributed by atoms with Gasteiger partial charge in [0, 0.05) is 6.61 Å². The van der Waals surface area contributed by atoms with Gasteiger partial charge >= 0.3 is 0 Å². The van der Waals surface area contributed by atoms with Gasteiger partial charge in [0.1, 0.15) is 6.10 Å². The zero-order chi connectivity index (χ0) is 10.4. The minimum atomic E-state index is -0.497. The number of hydrogen-bond donors (Lipinski definition) is 1. The van der Waals surface area contributed by atoms with Crippen LogP contribution in [-0.4, -0.2) is 18.3 Å². The minimum absolute atomic E-state index is 0.388. The Bertz CT molecular complexity index is 271. The van der Waals surface area contributed by atoms with Gasteiger partial charge in [-0.1, -0.05) is 31.2 Å². The lowest BCUT2D eigenvalue weighted by molar-refractivity contribution is 0.0361. The fourth-order valence-corrected chi connectivity index (χ4v) is 1.39. The molecule has 0 saturated carbocycles. The molecule has 0 aliphatic heterocycles. The summed E-state index contributed by atoms with van der Waals surface area (Å²) in [5.74, 6) is 0. The van der Waals surface area contributed by atoms with Gasteiger partial charge in [-0.25, -0.2) is 0 Å². The Balaban J connectivity index is 2.51. The highest BCUT2D eigenvalue weighted by Crippen LogP contribution is 2.17. The molecule has 0 aliphatic carbocycles. The molecule has 78 valence electrons. The molecule has 1 rings (SSSR count). The molecule has 0 fully saturated rings. The third kappa shape index (κ3) is 3.13. The molecule has 1 N–H and O–H groups in total. The largest absolute Gasteiger partial charge is 0.386 e. The van der Waals surface area contributed by atoms with Crippen LogP contribution in [0.25, 0.3) is 0 Å². The van der Waals surface area contributed by atoms with Crippen LogP contribution in [0.5, 0.6) is 0 Å². The zero-order valence-electron chi connectivity index (χ0n) is 8.86. The highest BCUT2D eigenvalue weighted by atomic mass is 16.5. The Morgan fingerprint density at radius 2 is 2.07 bits per heavy atom. The highest BCUT2D eigenvalue weighted by molar-refractivity contribution is 5.27. The van der Waals surface area contributed by atoms with Gasteiger partial charge < -0.3 is 9.84 Å². The van der Waals surface area contributed by atoms with Crippen LogP contribution >= 0.6 is 0 Å². The number of benzene rings is 1. The third-order valence-electron chi connectivity index (χ3n) is 2.17. The molecule has 14 heavy (non-hydrogen) atoms. The predicted molar refractivity (Wildman–Crippen MR) is 57.2 cm³/mol. The smallest absolute Gasteiger partial charge is 0.103 e. The SMILES string of the molecule is CCCOCC(O)c1ccccc1C. The van der Waals surface area contributed by atoms with E-state index in [1.54, 1.807) is 0 Å². The van der Waals surface area contributed by atoms with Crippen molar-refractivity contribution >= 4 is 0 Å². The fourth-order valence-electron chi connectivity index (χ4n) is 1.39. The fraction of sp³-hybridized carbons (Fsp3) is 0.500. The van der Waals surface area contributed by atoms with Crippen LogP contribution in [0, 0.1) is 6.92 Å². The maximum absolute atomic E-state index is 9.80. The number of aryl methyl sites for hydroxylation is 1. The molecule has 0 aliphatic rings. The zero-order valence-corrected chi connectivity index (χ0v) is 8.86. The second-order valence-electron chi connectivity index (χ2n) is 3.45. The number of ether oxygens (including phenoxy) is 1. The predicted octanol–water partition coefficient (Wildman–Crippen LogP) is 2.46. The van der Waals surface area contributed by atoms with Gasteiger partial charge in [0.05, 0.1) is 6.61 Å². The molecule has 0 saturated heterocycles. The summed E-state index contributed by atoms with van der Waals surface area (Å²) >= 11 is 0. The Morgan fingerprint density at radius 1 is 1.36 bits per heavy atom. The summed E-state index contributed by atoms with van der Waals surface area (Å²) in [6, 6.07) is 7.84. The molecule has 0 amide bonds. The summed E-state index contributed by atoms with van der Waals surface area (Å²) in [6.45, 7) is 5.15. The molecule has 0 aromatic heterocycles. The average molecular weight is 194 g/mol. The normalized spacial score (nSPS) is 12.8. The summed E-state index contributed by atoms with van der Waals surface area (Å²) in [5.41, 5.74) is 2.07. The lowest BCUT2D eigenvalue weighted by atomic mass is 10.0. The van der Waals surface area contributed by atoms with Crippen molar-refractivity contribution < 1.29 is 9.84 Å². The summed E-state index contributed by atoms with van der Waals surface area (Å²) in [5, 5.41) is 9.80. The molecule has 2 nitrogen and oxygen atoms in total. The second kappa shape index (κ2) is 5.78. The van der Waals surface area contributed by atoms with Gasteiger partial charge in [-0.3, -0.25) is 0 Å². The topological polar surface area (TPSA) is 29.5 Å². The van der Waals surface area contributed by atoms with Crippen LogP contribution in [0.2, 0.25) is 0 Å². The molecule has 0 heterocycles. The summed E-state index contributed by atoms with van der Waals surface area (Å²) in [4.78, 5) is 0. The summed E-state index contributed by atoms with van der Waals surface area (Å²) in [6.07, 6.45) is 0.489. The lowest BCUT2D eigenvalue weighted by Crippen LogP contribution is -2.08. The van der Waals surface area contributed by atoms with Gasteiger partial charge in [-0.05, 0) is 24.5 Å². The molecule has 1 aromatic rings. The standard InChI is InChI=1S/C12H18O2/c1-3-8-14-9-12(13)11-7-5-4-6-10(11)2/h4-7,12-13H,3,8-9H2,1-2H3. The van der Waals surface area contributed by atoms with Gasteiger partial charge in [-0.15, -0.1) is 0 Å². The van der Waals surface area contributed by atoms with E-state index < -0.39 is 6.10 Å². The van der Waals surface area contributed by atoms with Crippen molar-refractivity contribution in [1.29, 1.82) is 0 Å². The minimum Gasteiger partial charge on any atom is -0.386 e. The first-order chi connectivity index (χ1) is 6.75. The van der Waals surface area contributed by atoms with E-state index in [0.29, 0.717) is 13.2 Å². The molecular weight excluding hydrogens is 176 g/mol. The van der Waals surface area contributed by atoms with Crippen LogP contribution in [-0.2, 0) is 4.74 Å². The molecule has 2 heteroatoms. The van der Waals surface area contributed by atoms with E-state index in [9.17, 15) is 5.11 Å². The monoisotopic (exact) mass is 194 g/mol. The van der Waals surface area contributed by atoms with E-state index in [1.165, 1.54) is 0 Å². The third-order valence-corrected chi connectivity index (χ3v) is 2.17. The summed E-state index contributed by atoms with van der Waals surface area (Å²) in [7, 11) is 0. The Kier molecular flexibility index (Phi) is 4.63. The Hall–Kier alpha value is -0.860. The molecule has 0 bridgehead atoms. The Labute approximate surface area is 85.5 Å². The van der Waals surface area contributed by atoms with E-state index in [0.717, 1.165) is 17.5 Å². The maximum Gasteiger partial charge on any atom is 0.103 e. The van der Waals surface area contributed by atoms with Crippen molar-refractivity contribution in [3.63, 3.8) is 0 Å². The summed E-state index contributed by atoms with van der Waals surface area (Å²) < 4.78 is 5.30. The van der Waals surface area contributed by atoms with E-state index in [1.807, 2.05) is 31.2 Å². The Morgan fingerprint density at radius 3 is 2.71 bits per heavy atom. The van der Waals surface area contributed by atoms with Crippen molar-refractivity contribution in [2.24, 2.45) is 0 Å². The van der Waals surface area contributed by atoms with Crippen LogP contribution in [0.4, 0.5) is 0 Å². The number of rotatable bonds is 5. The number of aliphatic hydroxyl groups is 1. The first-order valence-electron chi connectivity index (χ1n) is 5.07. The van der Waals surface area contributed by atoms with Gasteiger partial charge in [0.2, 0.25) is 0 Å². The van der Waals surface area contributed by atoms with E-state index >= 15 is 0 Å². The molecular formula is C12H18O2. The van der Waals surface area contributed by atoms with Gasteiger partial charge in [-0.2, -0.15) is 0 Å². The van der Waals surface area contributed by atoms with Crippen molar-refractivity contribution in [3.8, 4) is 0 Å². The maximum atomic E-state index is 9.80. The average Bonchev–Trinajstić information content (AvgIpc) is 2.18. The quantitative estimate of drug-likeness (QED) is 0.729. The van der Waals surface area contributed by atoms with Crippen molar-refractivity contribution in [2.75, 3.05) is 13.2 Å². The van der Waals surface area contributed by atoms with Crippen molar-refractivity contribution in [1.82, 2.24) is 0 Å². The number of hydrogen-bond acceptors (Lipinski definition) is 2. The number of aliphatic hydroxyl groups excluding tert-OH is 1. The first kappa shape index (κ1) is 11.2. The molecule has 1 unspecified atom stereocenters. The highest BCUT2D eigenvalue weighted by Gasteiger charge is 2.08. The first-order valence-corrected chi connectivity index (χ1v) is 5.07. The van der Waals surface area contributed by atoms with E-state index in [2.05, 4.69) is 6.92 Å². The molecule has 1 aromatic carbocycles. The van der Waals surface area contributed by atoms with Crippen LogP contribution in [0.1, 0.15) is 30.6 Å². The van der Waals surface area contributed by atoms with E-state index in [-0.39, 0.29) is 0 Å². The molecule has 0 radical (unpaired) electrons. The van der Waals surface area contributed by atoms with Crippen LogP contribution in [0.3, 0.4) is 0 Å². The molecule has 1 atom stereocenters. The van der Waals surface area contributed by atoms with Crippen LogP contribution in [0.15, 0.2) is 24.3 Å². The van der Waals surface area contributed by atoms with Crippen molar-refractivity contribution in [2.45, 2.75) is 26.4 Å². The second-order valence-corrected chi connectivity index (χ2v) is 3.45.